The maximum absolute atomic E-state index is 11.5. The molecule has 0 aliphatic carbocycles. The van der Waals surface area contributed by atoms with Crippen molar-refractivity contribution in [1.82, 2.24) is 9.96 Å². The van der Waals surface area contributed by atoms with Crippen LogP contribution in [-0.4, -0.2) is 40.2 Å². The summed E-state index contributed by atoms with van der Waals surface area (Å²) in [5, 5.41) is 0.444. The summed E-state index contributed by atoms with van der Waals surface area (Å²) in [5.41, 5.74) is 0.357. The molecule has 0 saturated carbocycles. The molecule has 0 unspecified atom stereocenters. The van der Waals surface area contributed by atoms with Gasteiger partial charge >= 0.3 is 5.97 Å². The first-order valence-corrected chi connectivity index (χ1v) is 5.24. The fourth-order valence-corrected chi connectivity index (χ4v) is 1.59. The Morgan fingerprint density at radius 1 is 1.22 bits per heavy atom. The third kappa shape index (κ3) is 2.15. The molecule has 0 bridgehead atoms. The third-order valence-electron chi connectivity index (χ3n) is 2.52. The van der Waals surface area contributed by atoms with Crippen molar-refractivity contribution in [2.75, 3.05) is 6.54 Å². The summed E-state index contributed by atoms with van der Waals surface area (Å²) in [6.45, 7) is 3.18. The molecule has 2 aliphatic heterocycles. The maximum Gasteiger partial charge on any atom is 0.352 e. The molecule has 0 aromatic carbocycles. The van der Waals surface area contributed by atoms with Gasteiger partial charge in [-0.25, -0.2) is 4.79 Å². The molecule has 0 aromatic heterocycles. The molecule has 7 nitrogen and oxygen atoms in total. The fourth-order valence-electron chi connectivity index (χ4n) is 1.59. The largest absolute Gasteiger partial charge is 0.352 e. The smallest absolute Gasteiger partial charge is 0.328 e. The van der Waals surface area contributed by atoms with Crippen molar-refractivity contribution in [3.8, 4) is 0 Å². The van der Waals surface area contributed by atoms with Crippen LogP contribution >= 0.6 is 0 Å². The molecule has 2 aliphatic rings. The molecule has 94 valence electrons. The zero-order valence-corrected chi connectivity index (χ0v) is 9.42. The number of hydrogen-bond acceptors (Lipinski definition) is 5. The Bertz CT molecular complexity index is 454. The zero-order valence-electron chi connectivity index (χ0n) is 9.42. The lowest BCUT2D eigenvalue weighted by atomic mass is 10.4. The Morgan fingerprint density at radius 2 is 1.83 bits per heavy atom. The summed E-state index contributed by atoms with van der Waals surface area (Å²) in [7, 11) is 0. The average Bonchev–Trinajstić information content (AvgIpc) is 2.79. The van der Waals surface area contributed by atoms with Crippen LogP contribution in [0.5, 0.6) is 0 Å². The van der Waals surface area contributed by atoms with E-state index in [1.54, 1.807) is 0 Å². The van der Waals surface area contributed by atoms with Crippen LogP contribution in [0.15, 0.2) is 24.4 Å². The number of imide groups is 1. The second-order valence-corrected chi connectivity index (χ2v) is 3.79. The van der Waals surface area contributed by atoms with E-state index in [0.717, 1.165) is 4.90 Å². The van der Waals surface area contributed by atoms with Gasteiger partial charge in [-0.15, -0.1) is 5.06 Å². The quantitative estimate of drug-likeness (QED) is 0.631. The van der Waals surface area contributed by atoms with E-state index in [-0.39, 0.29) is 19.4 Å². The van der Waals surface area contributed by atoms with Crippen LogP contribution in [0, 0.1) is 0 Å². The molecular formula is C11H10N2O5. The molecule has 0 spiro atoms. The highest BCUT2D eigenvalue weighted by molar-refractivity contribution is 6.02. The molecule has 18 heavy (non-hydrogen) atoms. The van der Waals surface area contributed by atoms with E-state index in [4.69, 9.17) is 0 Å². The van der Waals surface area contributed by atoms with Crippen LogP contribution in [0.25, 0.3) is 0 Å². The molecule has 0 radical (unpaired) electrons. The van der Waals surface area contributed by atoms with E-state index in [0.29, 0.717) is 10.8 Å². The average molecular weight is 250 g/mol. The van der Waals surface area contributed by atoms with Crippen molar-refractivity contribution < 1.29 is 24.0 Å². The zero-order chi connectivity index (χ0) is 13.3. The van der Waals surface area contributed by atoms with E-state index >= 15 is 0 Å². The normalized spacial score (nSPS) is 19.1. The van der Waals surface area contributed by atoms with Gasteiger partial charge in [0, 0.05) is 24.6 Å². The highest BCUT2D eigenvalue weighted by Crippen LogP contribution is 2.15. The molecule has 7 heteroatoms. The number of hydroxylamine groups is 2. The highest BCUT2D eigenvalue weighted by atomic mass is 16.7. The van der Waals surface area contributed by atoms with E-state index in [2.05, 4.69) is 11.4 Å². The summed E-state index contributed by atoms with van der Waals surface area (Å²) in [6, 6.07) is 0. The highest BCUT2D eigenvalue weighted by Gasteiger charge is 2.33. The predicted octanol–water partition coefficient (Wildman–Crippen LogP) is -0.494. The number of nitrogens with zero attached hydrogens (tertiary/aromatic N) is 2. The first-order valence-electron chi connectivity index (χ1n) is 5.24. The number of rotatable bonds is 3. The van der Waals surface area contributed by atoms with E-state index in [9.17, 15) is 19.2 Å². The van der Waals surface area contributed by atoms with Gasteiger partial charge < -0.3 is 4.84 Å². The molecule has 0 aromatic rings. The van der Waals surface area contributed by atoms with Crippen molar-refractivity contribution in [1.29, 1.82) is 0 Å². The first-order chi connectivity index (χ1) is 8.49. The summed E-state index contributed by atoms with van der Waals surface area (Å²) < 4.78 is 0. The van der Waals surface area contributed by atoms with Gasteiger partial charge in [0.05, 0.1) is 0 Å². The van der Waals surface area contributed by atoms with Crippen LogP contribution in [0.1, 0.15) is 12.8 Å². The van der Waals surface area contributed by atoms with Gasteiger partial charge in [-0.2, -0.15) is 0 Å². The Hall–Kier alpha value is -2.44. The lowest BCUT2D eigenvalue weighted by molar-refractivity contribution is -0.197. The molecule has 0 atom stereocenters. The minimum Gasteiger partial charge on any atom is -0.328 e. The van der Waals surface area contributed by atoms with Crippen LogP contribution in [0.3, 0.4) is 0 Å². The lowest BCUT2D eigenvalue weighted by Gasteiger charge is -2.18. The van der Waals surface area contributed by atoms with Crippen molar-refractivity contribution in [2.45, 2.75) is 12.8 Å². The van der Waals surface area contributed by atoms with Crippen molar-refractivity contribution in [2.24, 2.45) is 0 Å². The third-order valence-corrected chi connectivity index (χ3v) is 2.52. The van der Waals surface area contributed by atoms with Gasteiger partial charge in [0.15, 0.2) is 0 Å². The first kappa shape index (κ1) is 12.0. The topological polar surface area (TPSA) is 84.0 Å². The summed E-state index contributed by atoms with van der Waals surface area (Å²) in [5.74, 6) is -2.37. The van der Waals surface area contributed by atoms with Crippen LogP contribution < -0.4 is 0 Å². The number of hydrogen-bond donors (Lipinski definition) is 0. The van der Waals surface area contributed by atoms with Gasteiger partial charge in [-0.05, 0) is 6.08 Å². The van der Waals surface area contributed by atoms with Gasteiger partial charge in [0.2, 0.25) is 0 Å². The maximum atomic E-state index is 11.5. The van der Waals surface area contributed by atoms with Crippen molar-refractivity contribution in [3.63, 3.8) is 0 Å². The Balaban J connectivity index is 1.93. The molecule has 3 amide bonds. The molecule has 2 rings (SSSR count). The van der Waals surface area contributed by atoms with E-state index < -0.39 is 23.7 Å². The Kier molecular flexibility index (Phi) is 2.97. The van der Waals surface area contributed by atoms with Gasteiger partial charge in [-0.1, -0.05) is 6.58 Å². The molecule has 2 heterocycles. The lowest BCUT2D eigenvalue weighted by Crippen LogP contribution is -2.37. The second kappa shape index (κ2) is 4.44. The Morgan fingerprint density at radius 3 is 2.33 bits per heavy atom. The minimum absolute atomic E-state index is 0.0308. The molecule has 0 N–H and O–H groups in total. The summed E-state index contributed by atoms with van der Waals surface area (Å²) in [6.07, 6.45) is 2.79. The number of allylic oxidation sites excluding steroid dienone is 1. The monoisotopic (exact) mass is 250 g/mol. The SMILES string of the molecule is C=C1C=CC(=O)N1CC(=O)ON1C(=O)CCC1=O. The van der Waals surface area contributed by atoms with Crippen LogP contribution in [-0.2, 0) is 24.0 Å². The molecular weight excluding hydrogens is 240 g/mol. The number of carbonyl (C=O) groups excluding carboxylic acids is 4. The molecule has 1 saturated heterocycles. The van der Waals surface area contributed by atoms with Crippen molar-refractivity contribution in [3.05, 3.63) is 24.4 Å². The van der Waals surface area contributed by atoms with E-state index in [1.807, 2.05) is 0 Å². The minimum atomic E-state index is -0.864. The van der Waals surface area contributed by atoms with Crippen LogP contribution in [0.4, 0.5) is 0 Å². The Labute approximate surface area is 102 Å². The number of carbonyl (C=O) groups is 4. The second-order valence-electron chi connectivity index (χ2n) is 3.79. The van der Waals surface area contributed by atoms with Gasteiger partial charge in [0.25, 0.3) is 17.7 Å². The molecule has 1 fully saturated rings. The van der Waals surface area contributed by atoms with Crippen LogP contribution in [0.2, 0.25) is 0 Å². The summed E-state index contributed by atoms with van der Waals surface area (Å²) in [4.78, 5) is 50.9. The fraction of sp³-hybridized carbons (Fsp3) is 0.273. The van der Waals surface area contributed by atoms with Gasteiger partial charge in [-0.3, -0.25) is 19.3 Å². The van der Waals surface area contributed by atoms with Gasteiger partial charge in [0.1, 0.15) is 6.54 Å². The predicted molar refractivity (Wildman–Crippen MR) is 57.2 cm³/mol. The number of amides is 3. The van der Waals surface area contributed by atoms with Crippen molar-refractivity contribution >= 4 is 23.7 Å². The van der Waals surface area contributed by atoms with E-state index in [1.165, 1.54) is 12.2 Å². The standard InChI is InChI=1S/C11H10N2O5/c1-7-2-3-8(14)12(7)6-11(17)18-13-9(15)4-5-10(13)16/h2-3H,1,4-6H2. The summed E-state index contributed by atoms with van der Waals surface area (Å²) >= 11 is 0.